The molecule has 0 amide bonds. The average molecular weight is 681 g/mol. The summed E-state index contributed by atoms with van der Waals surface area (Å²) in [6.07, 6.45) is 10.8. The lowest BCUT2D eigenvalue weighted by Gasteiger charge is -2.29. The Bertz CT molecular complexity index is 1490. The van der Waals surface area contributed by atoms with Gasteiger partial charge in [0.1, 0.15) is 11.5 Å². The largest absolute Gasteiger partial charge is 0.365 e. The SMILES string of the molecule is CC.CNC1CCCC(Nc2nc(-c3cn(SI)c4c(F)cc(C#N)cc34)ncc2F)C1.Cn1cnc(C=O)c1. The van der Waals surface area contributed by atoms with E-state index in [0.717, 1.165) is 38.2 Å². The molecule has 0 spiro atoms. The summed E-state index contributed by atoms with van der Waals surface area (Å²) in [5, 5.41) is 16.2. The molecule has 1 aromatic carbocycles. The number of rotatable bonds is 6. The number of imidazole rings is 1. The number of hydrogen-bond acceptors (Lipinski definition) is 8. The molecule has 5 rings (SSSR count). The van der Waals surface area contributed by atoms with Gasteiger partial charge < -0.3 is 15.2 Å². The fraction of sp³-hybridized carbons (Fsp3) is 0.370. The minimum Gasteiger partial charge on any atom is -0.365 e. The average Bonchev–Trinajstić information content (AvgIpc) is 3.59. The van der Waals surface area contributed by atoms with E-state index < -0.39 is 11.6 Å². The van der Waals surface area contributed by atoms with Crippen LogP contribution in [0.15, 0.2) is 37.1 Å². The summed E-state index contributed by atoms with van der Waals surface area (Å²) < 4.78 is 32.5. The molecular weight excluding hydrogens is 649 g/mol. The highest BCUT2D eigenvalue weighted by Gasteiger charge is 2.23. The number of aromatic nitrogens is 5. The van der Waals surface area contributed by atoms with E-state index in [4.69, 9.17) is 0 Å². The van der Waals surface area contributed by atoms with Gasteiger partial charge in [-0.25, -0.2) is 23.7 Å². The molecule has 3 heterocycles. The van der Waals surface area contributed by atoms with Gasteiger partial charge >= 0.3 is 0 Å². The second-order valence-corrected chi connectivity index (χ2v) is 10.6. The van der Waals surface area contributed by atoms with Crippen LogP contribution >= 0.6 is 30.3 Å². The molecule has 1 saturated carbocycles. The molecule has 2 atom stereocenters. The van der Waals surface area contributed by atoms with Gasteiger partial charge in [-0.1, -0.05) is 13.8 Å². The Morgan fingerprint density at radius 2 is 1.93 bits per heavy atom. The Balaban J connectivity index is 0.000000376. The number of hydrogen-bond donors (Lipinski definition) is 2. The molecule has 0 radical (unpaired) electrons. The van der Waals surface area contributed by atoms with Crippen LogP contribution in [0.4, 0.5) is 14.6 Å². The first-order valence-electron chi connectivity index (χ1n) is 12.8. The standard InChI is InChI=1S/C20H19F2IN6S.C5H6N2O.C2H6/c1-25-12-3-2-4-13(7-12)27-20-17(22)9-26-19(28-20)15-10-29(30-23)18-14(15)5-11(8-24)6-16(18)21;1-7-2-5(3-8)6-4-7;1-2/h5-6,9-10,12-13,25H,2-4,7H2,1H3,(H,26,27,28);2-4H,1H3;1-2H3. The molecule has 212 valence electrons. The van der Waals surface area contributed by atoms with Crippen LogP contribution in [-0.4, -0.2) is 48.9 Å². The first-order chi connectivity index (χ1) is 19.4. The first kappa shape index (κ1) is 31.4. The van der Waals surface area contributed by atoms with Crippen LogP contribution in [0.1, 0.15) is 55.6 Å². The number of carbonyl (C=O) groups is 1. The van der Waals surface area contributed by atoms with Gasteiger partial charge in [-0.05, 0) is 44.9 Å². The van der Waals surface area contributed by atoms with Crippen LogP contribution in [0.3, 0.4) is 0 Å². The van der Waals surface area contributed by atoms with Crippen molar-refractivity contribution in [3.63, 3.8) is 0 Å². The number of nitrogens with one attached hydrogen (secondary N) is 2. The number of anilines is 1. The van der Waals surface area contributed by atoms with Gasteiger partial charge in [0.25, 0.3) is 0 Å². The third kappa shape index (κ3) is 7.55. The lowest BCUT2D eigenvalue weighted by Crippen LogP contribution is -2.37. The zero-order valence-corrected chi connectivity index (χ0v) is 25.6. The van der Waals surface area contributed by atoms with Gasteiger partial charge in [-0.2, -0.15) is 5.26 Å². The van der Waals surface area contributed by atoms with E-state index in [2.05, 4.69) is 46.8 Å². The molecule has 1 aliphatic rings. The van der Waals surface area contributed by atoms with Gasteiger partial charge in [0.2, 0.25) is 0 Å². The predicted octanol–water partition coefficient (Wildman–Crippen LogP) is 6.30. The summed E-state index contributed by atoms with van der Waals surface area (Å²) in [5.41, 5.74) is 1.57. The number of carbonyl (C=O) groups excluding carboxylic acids is 1. The predicted molar refractivity (Wildman–Crippen MR) is 163 cm³/mol. The molecule has 2 unspecified atom stereocenters. The van der Waals surface area contributed by atoms with Crippen molar-refractivity contribution in [2.24, 2.45) is 7.05 Å². The van der Waals surface area contributed by atoms with E-state index in [1.165, 1.54) is 15.2 Å². The van der Waals surface area contributed by atoms with Crippen LogP contribution in [0, 0.1) is 23.0 Å². The first-order valence-corrected chi connectivity index (χ1v) is 16.1. The van der Waals surface area contributed by atoms with E-state index in [0.29, 0.717) is 28.2 Å². The molecule has 0 saturated heterocycles. The zero-order chi connectivity index (χ0) is 29.2. The summed E-state index contributed by atoms with van der Waals surface area (Å²) in [6, 6.07) is 5.29. The van der Waals surface area contributed by atoms with Crippen molar-refractivity contribution >= 4 is 53.3 Å². The van der Waals surface area contributed by atoms with Gasteiger partial charge in [0, 0.05) is 72.8 Å². The Morgan fingerprint density at radius 3 is 2.52 bits per heavy atom. The fourth-order valence-electron chi connectivity index (χ4n) is 4.45. The minimum atomic E-state index is -0.527. The highest BCUT2D eigenvalue weighted by molar-refractivity contribution is 14.2. The fourth-order valence-corrected chi connectivity index (χ4v) is 5.78. The van der Waals surface area contributed by atoms with Crippen LogP contribution in [-0.2, 0) is 7.05 Å². The monoisotopic (exact) mass is 680 g/mol. The topological polar surface area (TPSA) is 113 Å². The smallest absolute Gasteiger partial charge is 0.183 e. The number of nitrogens with zero attached hydrogens (tertiary/aromatic N) is 6. The number of nitriles is 1. The van der Waals surface area contributed by atoms with Crippen molar-refractivity contribution in [3.05, 3.63) is 59.9 Å². The number of aldehydes is 1. The Morgan fingerprint density at radius 1 is 1.18 bits per heavy atom. The summed E-state index contributed by atoms with van der Waals surface area (Å²) in [7, 11) is 5.05. The second kappa shape index (κ2) is 15.1. The zero-order valence-electron chi connectivity index (χ0n) is 22.7. The summed E-state index contributed by atoms with van der Waals surface area (Å²) in [6.45, 7) is 4.00. The van der Waals surface area contributed by atoms with Crippen molar-refractivity contribution in [2.45, 2.75) is 51.6 Å². The van der Waals surface area contributed by atoms with Crippen LogP contribution in [0.2, 0.25) is 0 Å². The van der Waals surface area contributed by atoms with Crippen molar-refractivity contribution in [1.82, 2.24) is 28.8 Å². The third-order valence-corrected chi connectivity index (χ3v) is 7.99. The van der Waals surface area contributed by atoms with Gasteiger partial charge in [0.05, 0.1) is 29.7 Å². The number of fused-ring (bicyclic) bond motifs is 1. The molecule has 4 aromatic rings. The quantitative estimate of drug-likeness (QED) is 0.180. The van der Waals surface area contributed by atoms with Crippen molar-refractivity contribution < 1.29 is 13.6 Å². The molecule has 9 nitrogen and oxygen atoms in total. The van der Waals surface area contributed by atoms with Crippen molar-refractivity contribution in [1.29, 1.82) is 5.26 Å². The van der Waals surface area contributed by atoms with Crippen LogP contribution in [0.25, 0.3) is 22.3 Å². The number of aryl methyl sites for hydroxylation is 1. The molecule has 0 aliphatic heterocycles. The molecule has 0 bridgehead atoms. The van der Waals surface area contributed by atoms with Gasteiger partial charge in [-0.3, -0.25) is 8.77 Å². The van der Waals surface area contributed by atoms with E-state index in [9.17, 15) is 18.8 Å². The normalized spacial score (nSPS) is 16.2. The molecule has 40 heavy (non-hydrogen) atoms. The molecule has 2 N–H and O–H groups in total. The number of benzene rings is 1. The lowest BCUT2D eigenvalue weighted by atomic mass is 9.91. The van der Waals surface area contributed by atoms with E-state index in [1.54, 1.807) is 33.3 Å². The summed E-state index contributed by atoms with van der Waals surface area (Å²) >= 11 is 2.05. The maximum Gasteiger partial charge on any atom is 0.183 e. The summed E-state index contributed by atoms with van der Waals surface area (Å²) in [4.78, 5) is 22.2. The lowest BCUT2D eigenvalue weighted by molar-refractivity contribution is 0.111. The molecule has 1 aliphatic carbocycles. The van der Waals surface area contributed by atoms with Crippen LogP contribution < -0.4 is 10.6 Å². The van der Waals surface area contributed by atoms with Crippen molar-refractivity contribution in [3.8, 4) is 17.5 Å². The molecular formula is C27H31F2IN8OS. The Labute approximate surface area is 248 Å². The van der Waals surface area contributed by atoms with Crippen molar-refractivity contribution in [2.75, 3.05) is 12.4 Å². The summed E-state index contributed by atoms with van der Waals surface area (Å²) in [5.74, 6) is -0.605. The maximum absolute atomic E-state index is 14.6. The highest BCUT2D eigenvalue weighted by Crippen LogP contribution is 2.36. The third-order valence-electron chi connectivity index (χ3n) is 6.28. The molecule has 13 heteroatoms. The van der Waals surface area contributed by atoms with E-state index in [-0.39, 0.29) is 23.2 Å². The molecule has 3 aromatic heterocycles. The molecule has 1 fully saturated rings. The number of halogens is 3. The Hall–Kier alpha value is -3.09. The van der Waals surface area contributed by atoms with Gasteiger partial charge in [0.15, 0.2) is 23.7 Å². The van der Waals surface area contributed by atoms with Gasteiger partial charge in [-0.15, -0.1) is 0 Å². The maximum atomic E-state index is 14.6. The second-order valence-electron chi connectivity index (χ2n) is 8.87. The highest BCUT2D eigenvalue weighted by atomic mass is 127. The van der Waals surface area contributed by atoms with E-state index in [1.807, 2.05) is 34.0 Å². The van der Waals surface area contributed by atoms with Crippen LogP contribution in [0.5, 0.6) is 0 Å². The Kier molecular flexibility index (Phi) is 11.8. The van der Waals surface area contributed by atoms with E-state index >= 15 is 0 Å². The minimum absolute atomic E-state index is 0.113.